The normalized spacial score (nSPS) is 11.4. The van der Waals surface area contributed by atoms with Gasteiger partial charge in [0.15, 0.2) is 5.78 Å². The second-order valence-corrected chi connectivity index (χ2v) is 6.26. The summed E-state index contributed by atoms with van der Waals surface area (Å²) < 4.78 is 0. The van der Waals surface area contributed by atoms with Crippen LogP contribution < -0.4 is 5.32 Å². The molecular weight excluding hydrogens is 262 g/mol. The first-order valence-electron chi connectivity index (χ1n) is 7.14. The minimum absolute atomic E-state index is 0.0359. The summed E-state index contributed by atoms with van der Waals surface area (Å²) in [5.74, 6) is -0.0854. The Balaban J connectivity index is 2.04. The van der Waals surface area contributed by atoms with Gasteiger partial charge in [-0.3, -0.25) is 9.59 Å². The van der Waals surface area contributed by atoms with Crippen LogP contribution in [0.1, 0.15) is 26.3 Å². The molecule has 0 aromatic heterocycles. The van der Waals surface area contributed by atoms with Crippen LogP contribution in [0, 0.1) is 5.41 Å². The van der Waals surface area contributed by atoms with E-state index in [2.05, 4.69) is 5.32 Å². The summed E-state index contributed by atoms with van der Waals surface area (Å²) in [6.45, 7) is 5.65. The van der Waals surface area contributed by atoms with Crippen LogP contribution in [0.5, 0.6) is 0 Å². The number of ketones is 1. The summed E-state index contributed by atoms with van der Waals surface area (Å²) >= 11 is 0. The lowest BCUT2D eigenvalue weighted by Crippen LogP contribution is -2.36. The average molecular weight is 283 g/mol. The van der Waals surface area contributed by atoms with Gasteiger partial charge < -0.3 is 5.32 Å². The summed E-state index contributed by atoms with van der Waals surface area (Å²) in [5.41, 5.74) is 0.556. The fourth-order valence-corrected chi connectivity index (χ4v) is 2.13. The highest BCUT2D eigenvalue weighted by Gasteiger charge is 2.21. The number of nitrogens with one attached hydrogen (secondary N) is 1. The molecule has 3 nitrogen and oxygen atoms in total. The number of carbonyl (C=O) groups excluding carboxylic acids is 2. The van der Waals surface area contributed by atoms with Crippen LogP contribution in [0.2, 0.25) is 0 Å². The molecule has 0 heterocycles. The molecular formula is C18H21NO2. The van der Waals surface area contributed by atoms with E-state index in [1.54, 1.807) is 0 Å². The van der Waals surface area contributed by atoms with Crippen LogP contribution >= 0.6 is 0 Å². The van der Waals surface area contributed by atoms with Crippen molar-refractivity contribution in [2.24, 2.45) is 5.41 Å². The number of fused-ring (bicyclic) bond motifs is 1. The van der Waals surface area contributed by atoms with Crippen LogP contribution in [0.25, 0.3) is 10.8 Å². The van der Waals surface area contributed by atoms with Gasteiger partial charge in [0.2, 0.25) is 5.91 Å². The van der Waals surface area contributed by atoms with E-state index >= 15 is 0 Å². The third-order valence-electron chi connectivity index (χ3n) is 3.51. The van der Waals surface area contributed by atoms with Crippen LogP contribution in [0.4, 0.5) is 0 Å². The number of carbonyl (C=O) groups is 2. The van der Waals surface area contributed by atoms with Crippen molar-refractivity contribution in [1.29, 1.82) is 0 Å². The maximum absolute atomic E-state index is 12.0. The fourth-order valence-electron chi connectivity index (χ4n) is 2.13. The average Bonchev–Trinajstić information content (AvgIpc) is 2.44. The van der Waals surface area contributed by atoms with Crippen molar-refractivity contribution in [3.8, 4) is 0 Å². The topological polar surface area (TPSA) is 46.2 Å². The molecule has 1 amide bonds. The Morgan fingerprint density at radius 3 is 2.38 bits per heavy atom. The van der Waals surface area contributed by atoms with Crippen LogP contribution in [-0.2, 0) is 16.0 Å². The van der Waals surface area contributed by atoms with Crippen molar-refractivity contribution in [2.75, 3.05) is 6.54 Å². The molecule has 2 aromatic carbocycles. The molecule has 21 heavy (non-hydrogen) atoms. The van der Waals surface area contributed by atoms with Crippen molar-refractivity contribution >= 4 is 22.5 Å². The van der Waals surface area contributed by atoms with Gasteiger partial charge in [-0.15, -0.1) is 0 Å². The zero-order valence-corrected chi connectivity index (χ0v) is 12.8. The van der Waals surface area contributed by atoms with E-state index in [1.165, 1.54) is 0 Å². The van der Waals surface area contributed by atoms with Crippen molar-refractivity contribution in [3.63, 3.8) is 0 Å². The first-order chi connectivity index (χ1) is 9.88. The predicted molar refractivity (Wildman–Crippen MR) is 85.1 cm³/mol. The third kappa shape index (κ3) is 3.91. The van der Waals surface area contributed by atoms with Gasteiger partial charge in [0.1, 0.15) is 0 Å². The second kappa shape index (κ2) is 6.08. The Bertz CT molecular complexity index is 663. The summed E-state index contributed by atoms with van der Waals surface area (Å²) in [5, 5.41) is 4.91. The molecule has 0 spiro atoms. The van der Waals surface area contributed by atoms with E-state index in [4.69, 9.17) is 0 Å². The molecule has 2 aromatic rings. The van der Waals surface area contributed by atoms with Crippen LogP contribution in [0.3, 0.4) is 0 Å². The maximum atomic E-state index is 12.0. The molecule has 0 unspecified atom stereocenters. The van der Waals surface area contributed by atoms with E-state index in [0.717, 1.165) is 16.3 Å². The van der Waals surface area contributed by atoms with Crippen molar-refractivity contribution < 1.29 is 9.59 Å². The van der Waals surface area contributed by atoms with Crippen molar-refractivity contribution in [1.82, 2.24) is 5.32 Å². The van der Waals surface area contributed by atoms with Gasteiger partial charge in [-0.05, 0) is 16.3 Å². The monoisotopic (exact) mass is 283 g/mol. The highest BCUT2D eigenvalue weighted by molar-refractivity contribution is 5.92. The molecule has 0 aliphatic heterocycles. The van der Waals surface area contributed by atoms with Gasteiger partial charge in [-0.2, -0.15) is 0 Å². The summed E-state index contributed by atoms with van der Waals surface area (Å²) in [4.78, 5) is 23.8. The Hall–Kier alpha value is -2.16. The Morgan fingerprint density at radius 2 is 1.67 bits per heavy atom. The molecule has 0 aliphatic carbocycles. The predicted octanol–water partition coefficient (Wildman–Crippen LogP) is 3.11. The molecule has 0 saturated heterocycles. The SMILES string of the molecule is CC(C)(C)C(=O)CNC(=O)Cc1cccc2ccccc12. The number of rotatable bonds is 4. The lowest BCUT2D eigenvalue weighted by atomic mass is 9.91. The lowest BCUT2D eigenvalue weighted by Gasteiger charge is -2.16. The van der Waals surface area contributed by atoms with Gasteiger partial charge in [-0.1, -0.05) is 63.2 Å². The van der Waals surface area contributed by atoms with Crippen molar-refractivity contribution in [2.45, 2.75) is 27.2 Å². The minimum Gasteiger partial charge on any atom is -0.349 e. The van der Waals surface area contributed by atoms with Crippen LogP contribution in [0.15, 0.2) is 42.5 Å². The summed E-state index contributed by atoms with van der Waals surface area (Å²) in [7, 11) is 0. The largest absolute Gasteiger partial charge is 0.349 e. The van der Waals surface area contributed by atoms with E-state index < -0.39 is 5.41 Å². The van der Waals surface area contributed by atoms with Crippen molar-refractivity contribution in [3.05, 3.63) is 48.0 Å². The number of amides is 1. The fraction of sp³-hybridized carbons (Fsp3) is 0.333. The van der Waals surface area contributed by atoms with E-state index in [0.29, 0.717) is 6.42 Å². The Kier molecular flexibility index (Phi) is 4.41. The van der Waals surface area contributed by atoms with E-state index in [1.807, 2.05) is 63.2 Å². The molecule has 0 bridgehead atoms. The van der Waals surface area contributed by atoms with E-state index in [9.17, 15) is 9.59 Å². The zero-order valence-electron chi connectivity index (χ0n) is 12.8. The van der Waals surface area contributed by atoms with Gasteiger partial charge in [0.05, 0.1) is 13.0 Å². The highest BCUT2D eigenvalue weighted by Crippen LogP contribution is 2.19. The number of hydrogen-bond donors (Lipinski definition) is 1. The Morgan fingerprint density at radius 1 is 1.00 bits per heavy atom. The Labute approximate surface area is 125 Å². The molecule has 1 N–H and O–H groups in total. The van der Waals surface area contributed by atoms with Gasteiger partial charge in [0.25, 0.3) is 0 Å². The summed E-state index contributed by atoms with van der Waals surface area (Å²) in [6, 6.07) is 13.9. The molecule has 2 rings (SSSR count). The molecule has 0 fully saturated rings. The minimum atomic E-state index is -0.424. The third-order valence-corrected chi connectivity index (χ3v) is 3.51. The molecule has 0 aliphatic rings. The first kappa shape index (κ1) is 15.2. The van der Waals surface area contributed by atoms with Gasteiger partial charge in [0, 0.05) is 5.41 Å². The van der Waals surface area contributed by atoms with Gasteiger partial charge >= 0.3 is 0 Å². The number of Topliss-reactive ketones (excluding diaryl/α,β-unsaturated/α-hetero) is 1. The zero-order chi connectivity index (χ0) is 15.5. The second-order valence-electron chi connectivity index (χ2n) is 6.26. The highest BCUT2D eigenvalue weighted by atomic mass is 16.2. The summed E-state index contributed by atoms with van der Waals surface area (Å²) in [6.07, 6.45) is 0.290. The smallest absolute Gasteiger partial charge is 0.224 e. The molecule has 3 heteroatoms. The molecule has 0 atom stereocenters. The first-order valence-corrected chi connectivity index (χ1v) is 7.14. The quantitative estimate of drug-likeness (QED) is 0.937. The lowest BCUT2D eigenvalue weighted by molar-refractivity contribution is -0.128. The van der Waals surface area contributed by atoms with Crippen LogP contribution in [-0.4, -0.2) is 18.2 Å². The number of benzene rings is 2. The molecule has 0 saturated carbocycles. The molecule has 110 valence electrons. The van der Waals surface area contributed by atoms with E-state index in [-0.39, 0.29) is 18.2 Å². The standard InChI is InChI=1S/C18H21NO2/c1-18(2,3)16(20)12-19-17(21)11-14-9-6-8-13-7-4-5-10-15(13)14/h4-10H,11-12H2,1-3H3,(H,19,21). The number of hydrogen-bond acceptors (Lipinski definition) is 2. The van der Waals surface area contributed by atoms with Gasteiger partial charge in [-0.25, -0.2) is 0 Å². The maximum Gasteiger partial charge on any atom is 0.224 e. The molecule has 0 radical (unpaired) electrons.